The van der Waals surface area contributed by atoms with Crippen LogP contribution in [0.3, 0.4) is 0 Å². The number of oxazole rings is 1. The van der Waals surface area contributed by atoms with Crippen LogP contribution in [0.2, 0.25) is 0 Å². The summed E-state index contributed by atoms with van der Waals surface area (Å²) in [5.74, 6) is 0.586. The highest BCUT2D eigenvalue weighted by Crippen LogP contribution is 2.27. The lowest BCUT2D eigenvalue weighted by atomic mass is 10.1. The molecule has 1 fully saturated rings. The van der Waals surface area contributed by atoms with Gasteiger partial charge in [-0.2, -0.15) is 0 Å². The molecule has 0 aliphatic carbocycles. The van der Waals surface area contributed by atoms with Crippen molar-refractivity contribution in [1.29, 1.82) is 0 Å². The van der Waals surface area contributed by atoms with Gasteiger partial charge in [0.15, 0.2) is 11.5 Å². The van der Waals surface area contributed by atoms with E-state index in [9.17, 15) is 4.79 Å². The molecular formula is C18H19N3O3. The van der Waals surface area contributed by atoms with Crippen LogP contribution < -0.4 is 0 Å². The molecule has 3 heterocycles. The second-order valence-corrected chi connectivity index (χ2v) is 6.05. The van der Waals surface area contributed by atoms with Crippen LogP contribution >= 0.6 is 0 Å². The molecule has 0 spiro atoms. The number of fused-ring (bicyclic) bond motifs is 1. The minimum Gasteiger partial charge on any atom is -0.441 e. The van der Waals surface area contributed by atoms with Gasteiger partial charge in [0.25, 0.3) is 5.91 Å². The number of ether oxygens (including phenoxy) is 1. The predicted octanol–water partition coefficient (Wildman–Crippen LogP) is 2.69. The lowest BCUT2D eigenvalue weighted by molar-refractivity contribution is -0.00462. The minimum atomic E-state index is -0.0848. The number of carbonyl (C=O) groups is 1. The van der Waals surface area contributed by atoms with Gasteiger partial charge in [-0.05, 0) is 30.3 Å². The van der Waals surface area contributed by atoms with Crippen LogP contribution in [0.1, 0.15) is 28.0 Å². The summed E-state index contributed by atoms with van der Waals surface area (Å²) in [4.78, 5) is 19.2. The lowest BCUT2D eigenvalue weighted by Crippen LogP contribution is -2.44. The van der Waals surface area contributed by atoms with Crippen molar-refractivity contribution < 1.29 is 13.9 Å². The number of hydrogen-bond donors (Lipinski definition) is 0. The molecule has 0 saturated carbocycles. The monoisotopic (exact) mass is 325 g/mol. The van der Waals surface area contributed by atoms with Crippen molar-refractivity contribution >= 4 is 17.0 Å². The van der Waals surface area contributed by atoms with E-state index in [4.69, 9.17) is 9.15 Å². The fraction of sp³-hybridized carbons (Fsp3) is 0.333. The van der Waals surface area contributed by atoms with E-state index >= 15 is 0 Å². The van der Waals surface area contributed by atoms with Crippen molar-refractivity contribution in [2.24, 2.45) is 7.05 Å². The van der Waals surface area contributed by atoms with E-state index in [1.807, 2.05) is 47.0 Å². The summed E-state index contributed by atoms with van der Waals surface area (Å²) in [7, 11) is 1.98. The van der Waals surface area contributed by atoms with Gasteiger partial charge in [-0.3, -0.25) is 4.79 Å². The maximum Gasteiger partial charge on any atom is 0.254 e. The molecule has 2 aromatic heterocycles. The number of morpholine rings is 1. The van der Waals surface area contributed by atoms with Crippen molar-refractivity contribution in [3.63, 3.8) is 0 Å². The quantitative estimate of drug-likeness (QED) is 0.727. The molecule has 4 rings (SSSR count). The predicted molar refractivity (Wildman–Crippen MR) is 88.8 cm³/mol. The van der Waals surface area contributed by atoms with E-state index in [0.29, 0.717) is 36.8 Å². The molecular weight excluding hydrogens is 306 g/mol. The van der Waals surface area contributed by atoms with Gasteiger partial charge in [0.05, 0.1) is 19.3 Å². The zero-order chi connectivity index (χ0) is 16.7. The van der Waals surface area contributed by atoms with E-state index < -0.39 is 0 Å². The Morgan fingerprint density at radius 1 is 1.33 bits per heavy atom. The summed E-state index contributed by atoms with van der Waals surface area (Å²) < 4.78 is 13.2. The summed E-state index contributed by atoms with van der Waals surface area (Å²) in [6.07, 6.45) is 1.98. The Kier molecular flexibility index (Phi) is 3.61. The molecule has 1 unspecified atom stereocenters. The fourth-order valence-corrected chi connectivity index (χ4v) is 3.25. The Bertz CT molecular complexity index is 896. The Balaban J connectivity index is 1.68. The maximum atomic E-state index is 13.1. The Morgan fingerprint density at radius 2 is 2.21 bits per heavy atom. The number of benzene rings is 1. The maximum absolute atomic E-state index is 13.1. The molecule has 1 aliphatic heterocycles. The fourth-order valence-electron chi connectivity index (χ4n) is 3.25. The van der Waals surface area contributed by atoms with Gasteiger partial charge in [0, 0.05) is 38.0 Å². The average molecular weight is 325 g/mol. The molecule has 1 atom stereocenters. The number of hydrogen-bond acceptors (Lipinski definition) is 4. The topological polar surface area (TPSA) is 60.5 Å². The first-order valence-corrected chi connectivity index (χ1v) is 8.00. The second-order valence-electron chi connectivity index (χ2n) is 6.05. The normalized spacial score (nSPS) is 18.2. The molecule has 124 valence electrons. The van der Waals surface area contributed by atoms with E-state index in [1.165, 1.54) is 0 Å². The van der Waals surface area contributed by atoms with Gasteiger partial charge < -0.3 is 18.6 Å². The molecule has 0 N–H and O–H groups in total. The van der Waals surface area contributed by atoms with E-state index in [2.05, 4.69) is 4.98 Å². The summed E-state index contributed by atoms with van der Waals surface area (Å²) in [6, 6.07) is 9.34. The zero-order valence-electron chi connectivity index (χ0n) is 13.7. The van der Waals surface area contributed by atoms with Crippen LogP contribution in [0.5, 0.6) is 0 Å². The molecule has 1 aromatic carbocycles. The van der Waals surface area contributed by atoms with Crippen LogP contribution in [0.15, 0.2) is 40.9 Å². The number of aryl methyl sites for hydroxylation is 2. The Labute approximate surface area is 139 Å². The Hall–Kier alpha value is -2.60. The van der Waals surface area contributed by atoms with Crippen molar-refractivity contribution in [2.45, 2.75) is 13.0 Å². The van der Waals surface area contributed by atoms with Crippen molar-refractivity contribution in [3.8, 4) is 0 Å². The van der Waals surface area contributed by atoms with Crippen LogP contribution in [-0.2, 0) is 11.8 Å². The van der Waals surface area contributed by atoms with Gasteiger partial charge in [-0.1, -0.05) is 0 Å². The first-order valence-electron chi connectivity index (χ1n) is 8.00. The Morgan fingerprint density at radius 3 is 3.00 bits per heavy atom. The van der Waals surface area contributed by atoms with Gasteiger partial charge >= 0.3 is 0 Å². The smallest absolute Gasteiger partial charge is 0.254 e. The van der Waals surface area contributed by atoms with Crippen LogP contribution in [-0.4, -0.2) is 40.1 Å². The van der Waals surface area contributed by atoms with E-state index in [0.717, 1.165) is 11.2 Å². The third-order valence-electron chi connectivity index (χ3n) is 4.46. The van der Waals surface area contributed by atoms with Gasteiger partial charge in [-0.25, -0.2) is 4.98 Å². The van der Waals surface area contributed by atoms with Crippen LogP contribution in [0, 0.1) is 6.92 Å². The molecule has 1 aliphatic rings. The molecule has 1 amide bonds. The third kappa shape index (κ3) is 2.49. The molecule has 24 heavy (non-hydrogen) atoms. The number of amides is 1. The third-order valence-corrected chi connectivity index (χ3v) is 4.46. The average Bonchev–Trinajstić information content (AvgIpc) is 3.17. The second kappa shape index (κ2) is 5.79. The highest BCUT2D eigenvalue weighted by molar-refractivity contribution is 5.97. The van der Waals surface area contributed by atoms with Crippen LogP contribution in [0.4, 0.5) is 0 Å². The van der Waals surface area contributed by atoms with Gasteiger partial charge in [0.2, 0.25) is 0 Å². The largest absolute Gasteiger partial charge is 0.441 e. The van der Waals surface area contributed by atoms with Crippen molar-refractivity contribution in [2.75, 3.05) is 19.8 Å². The standard InChI is InChI=1S/C18H19N3O3/c1-12-19-14-6-5-13(10-17(14)24-12)18(22)21-8-9-23-11-16(21)15-4-3-7-20(15)2/h3-7,10,16H,8-9,11H2,1-2H3. The number of carbonyl (C=O) groups excluding carboxylic acids is 1. The summed E-state index contributed by atoms with van der Waals surface area (Å²) in [5, 5.41) is 0. The summed E-state index contributed by atoms with van der Waals surface area (Å²) >= 11 is 0. The molecule has 6 heteroatoms. The first-order chi connectivity index (χ1) is 11.6. The molecule has 0 bridgehead atoms. The van der Waals surface area contributed by atoms with Crippen molar-refractivity contribution in [1.82, 2.24) is 14.5 Å². The molecule has 0 radical (unpaired) electrons. The SMILES string of the molecule is Cc1nc2ccc(C(=O)N3CCOCC3c3cccn3C)cc2o1. The van der Waals surface area contributed by atoms with Crippen molar-refractivity contribution in [3.05, 3.63) is 53.7 Å². The lowest BCUT2D eigenvalue weighted by Gasteiger charge is -2.36. The highest BCUT2D eigenvalue weighted by Gasteiger charge is 2.30. The van der Waals surface area contributed by atoms with E-state index in [1.54, 1.807) is 13.0 Å². The minimum absolute atomic E-state index is 0.0135. The molecule has 3 aromatic rings. The number of nitrogens with zero attached hydrogens (tertiary/aromatic N) is 3. The highest BCUT2D eigenvalue weighted by atomic mass is 16.5. The van der Waals surface area contributed by atoms with E-state index in [-0.39, 0.29) is 11.9 Å². The number of rotatable bonds is 2. The van der Waals surface area contributed by atoms with Crippen LogP contribution in [0.25, 0.3) is 11.1 Å². The zero-order valence-corrected chi connectivity index (χ0v) is 13.7. The molecule has 1 saturated heterocycles. The molecule has 6 nitrogen and oxygen atoms in total. The first kappa shape index (κ1) is 15.0. The summed E-state index contributed by atoms with van der Waals surface area (Å²) in [6.45, 7) is 3.43. The summed E-state index contributed by atoms with van der Waals surface area (Å²) in [5.41, 5.74) is 3.09. The van der Waals surface area contributed by atoms with Gasteiger partial charge in [0.1, 0.15) is 5.52 Å². The number of aromatic nitrogens is 2. The van der Waals surface area contributed by atoms with Gasteiger partial charge in [-0.15, -0.1) is 0 Å².